The number of carbonyl (C=O) groups is 1. The molecule has 1 aromatic heterocycles. The third-order valence-electron chi connectivity index (χ3n) is 16.0. The maximum Gasteiger partial charge on any atom is 0.416 e. The molecule has 328 valence electrons. The summed E-state index contributed by atoms with van der Waals surface area (Å²) in [7, 11) is 0. The minimum absolute atomic E-state index is 0.00121. The van der Waals surface area contributed by atoms with E-state index in [1.54, 1.807) is 0 Å². The first-order chi connectivity index (χ1) is 29.5. The summed E-state index contributed by atoms with van der Waals surface area (Å²) in [4.78, 5) is 17.3. The number of alkyl halides is 3. The lowest BCUT2D eigenvalue weighted by Crippen LogP contribution is -2.67. The highest BCUT2D eigenvalue weighted by Crippen LogP contribution is 2.78. The largest absolute Gasteiger partial charge is 0.453 e. The molecular weight excluding hydrogens is 815 g/mol. The van der Waals surface area contributed by atoms with E-state index in [1.807, 2.05) is 60.7 Å². The lowest BCUT2D eigenvalue weighted by Gasteiger charge is -2.71. The molecule has 62 heavy (non-hydrogen) atoms. The molecule has 0 saturated heterocycles. The van der Waals surface area contributed by atoms with Crippen LogP contribution in [0, 0.1) is 33.5 Å². The molecule has 3 aromatic carbocycles. The molecule has 9 atom stereocenters. The Labute approximate surface area is 366 Å². The summed E-state index contributed by atoms with van der Waals surface area (Å²) < 4.78 is 53.4. The summed E-state index contributed by atoms with van der Waals surface area (Å²) in [5, 5.41) is 35.8. The first-order valence-corrected chi connectivity index (χ1v) is 22.3. The summed E-state index contributed by atoms with van der Waals surface area (Å²) in [6.45, 7) is 6.09. The number of hydrogen-bond acceptors (Lipinski definition) is 7. The first kappa shape index (κ1) is 43.2. The Hall–Kier alpha value is -4.03. The van der Waals surface area contributed by atoms with E-state index in [0.29, 0.717) is 51.0 Å². The van der Waals surface area contributed by atoms with Gasteiger partial charge in [-0.05, 0) is 104 Å². The van der Waals surface area contributed by atoms with E-state index >= 15 is 4.79 Å². The van der Waals surface area contributed by atoms with Crippen LogP contribution in [0.5, 0.6) is 0 Å². The zero-order valence-electron chi connectivity index (χ0n) is 35.2. The van der Waals surface area contributed by atoms with Crippen LogP contribution in [-0.2, 0) is 24.1 Å². The lowest BCUT2D eigenvalue weighted by atomic mass is 9.32. The molecule has 6 aliphatic rings. The van der Waals surface area contributed by atoms with Crippen LogP contribution < -0.4 is 0 Å². The average molecular weight is 870 g/mol. The number of Topliss-reactive ketones (excluding diaryl/α,β-unsaturated/α-hetero) is 1. The fraction of sp³-hybridized carbons (Fsp3) is 0.471. The fourth-order valence-corrected chi connectivity index (χ4v) is 13.1. The standard InChI is InChI=1S/C51H55ClF3NO6/c1-46-20-17-36(57)26-48(46)23-24-50(39(27-48)45(59)42-16-15-41(62-42)38-25-35(51(53,54)55)13-14-40(38)52)43(46)18-21-47(2)44(50)19-22-49(47,60)32-56(28-33-9-5-3-6-10-33)29-37(58)31-61-30-34-11-7-4-8-12-34/h3-16,23-25,27,36-37,43-44,57-58,60H,17-22,26,28-32H2,1-2H3/t36?,37-,43-,44-,46-,47+,48+,49-,50-/m1/s1. The third kappa shape index (κ3) is 7.13. The van der Waals surface area contributed by atoms with Crippen molar-refractivity contribution in [3.05, 3.63) is 142 Å². The molecule has 3 N–H and O–H groups in total. The minimum Gasteiger partial charge on any atom is -0.453 e. The zero-order chi connectivity index (χ0) is 43.7. The number of carbonyl (C=O) groups excluding carboxylic acids is 1. The van der Waals surface area contributed by atoms with Gasteiger partial charge in [0.2, 0.25) is 5.78 Å². The van der Waals surface area contributed by atoms with Crippen LogP contribution in [0.4, 0.5) is 13.2 Å². The summed E-state index contributed by atoms with van der Waals surface area (Å²) in [6, 6.07) is 25.9. The average Bonchev–Trinajstić information content (AvgIpc) is 3.83. The molecule has 3 fully saturated rings. The Morgan fingerprint density at radius 2 is 1.58 bits per heavy atom. The summed E-state index contributed by atoms with van der Waals surface area (Å²) >= 11 is 6.42. The molecule has 1 heterocycles. The van der Waals surface area contributed by atoms with E-state index in [4.69, 9.17) is 20.8 Å². The van der Waals surface area contributed by atoms with Crippen molar-refractivity contribution in [1.29, 1.82) is 0 Å². The van der Waals surface area contributed by atoms with Gasteiger partial charge in [0.1, 0.15) is 5.76 Å². The highest BCUT2D eigenvalue weighted by atomic mass is 35.5. The van der Waals surface area contributed by atoms with Gasteiger partial charge < -0.3 is 24.5 Å². The zero-order valence-corrected chi connectivity index (χ0v) is 36.0. The van der Waals surface area contributed by atoms with Crippen molar-refractivity contribution in [2.45, 2.75) is 95.9 Å². The van der Waals surface area contributed by atoms with Crippen LogP contribution >= 0.6 is 11.6 Å². The molecule has 6 aliphatic carbocycles. The topological polar surface area (TPSA) is 103 Å². The highest BCUT2D eigenvalue weighted by molar-refractivity contribution is 6.33. The van der Waals surface area contributed by atoms with Crippen molar-refractivity contribution in [1.82, 2.24) is 4.90 Å². The van der Waals surface area contributed by atoms with Gasteiger partial charge in [-0.15, -0.1) is 0 Å². The molecule has 3 saturated carbocycles. The van der Waals surface area contributed by atoms with Crippen molar-refractivity contribution >= 4 is 17.4 Å². The monoisotopic (exact) mass is 869 g/mol. The Morgan fingerprint density at radius 3 is 2.31 bits per heavy atom. The van der Waals surface area contributed by atoms with E-state index in [0.717, 1.165) is 42.5 Å². The maximum atomic E-state index is 15.2. The summed E-state index contributed by atoms with van der Waals surface area (Å²) in [5.41, 5.74) is -1.68. The number of benzene rings is 3. The van der Waals surface area contributed by atoms with Crippen LogP contribution in [0.25, 0.3) is 11.3 Å². The smallest absolute Gasteiger partial charge is 0.416 e. The van der Waals surface area contributed by atoms with E-state index in [-0.39, 0.29) is 58.3 Å². The van der Waals surface area contributed by atoms with Crippen molar-refractivity contribution in [2.75, 3.05) is 19.7 Å². The van der Waals surface area contributed by atoms with Crippen LogP contribution in [0.15, 0.2) is 119 Å². The number of halogens is 4. The second-order valence-corrected chi connectivity index (χ2v) is 19.7. The Kier molecular flexibility index (Phi) is 11.1. The number of allylic oxidation sites excluding steroid dienone is 4. The van der Waals surface area contributed by atoms with Gasteiger partial charge in [-0.1, -0.05) is 104 Å². The molecule has 2 bridgehead atoms. The number of furan rings is 1. The van der Waals surface area contributed by atoms with Crippen molar-refractivity contribution in [2.24, 2.45) is 33.5 Å². The molecule has 0 aliphatic heterocycles. The Morgan fingerprint density at radius 1 is 0.903 bits per heavy atom. The first-order valence-electron chi connectivity index (χ1n) is 21.9. The van der Waals surface area contributed by atoms with Crippen LogP contribution in [-0.4, -0.2) is 63.5 Å². The summed E-state index contributed by atoms with van der Waals surface area (Å²) in [6.07, 6.45) is 5.13. The fourth-order valence-electron chi connectivity index (χ4n) is 12.9. The molecule has 4 aromatic rings. The SMILES string of the molecule is C[C@]12CC[C@H]3[C@]4(C=C[C@@]5(C=C4C(=O)c4ccc(-c6cc(C(F)(F)F)ccc6Cl)o4)CC(O)CC[C@]35C)[C@@H]1CC[C@@]2(O)CN(Cc1ccccc1)C[C@@H](O)COCc1ccccc1. The normalized spacial score (nSPS) is 32.9. The van der Waals surface area contributed by atoms with Crippen LogP contribution in [0.1, 0.15) is 86.0 Å². The molecule has 7 nitrogen and oxygen atoms in total. The van der Waals surface area contributed by atoms with Gasteiger partial charge in [0, 0.05) is 47.0 Å². The Balaban J connectivity index is 1.05. The predicted octanol–water partition coefficient (Wildman–Crippen LogP) is 10.5. The van der Waals surface area contributed by atoms with Gasteiger partial charge in [0.15, 0.2) is 5.76 Å². The van der Waals surface area contributed by atoms with Gasteiger partial charge in [0.25, 0.3) is 0 Å². The van der Waals surface area contributed by atoms with Crippen molar-refractivity contribution in [3.63, 3.8) is 0 Å². The van der Waals surface area contributed by atoms with Gasteiger partial charge >= 0.3 is 6.18 Å². The van der Waals surface area contributed by atoms with Gasteiger partial charge in [-0.3, -0.25) is 9.69 Å². The number of aliphatic hydroxyl groups excluding tert-OH is 2. The lowest BCUT2D eigenvalue weighted by molar-refractivity contribution is -0.177. The molecule has 0 radical (unpaired) electrons. The number of ether oxygens (including phenoxy) is 1. The number of fused-ring (bicyclic) bond motifs is 1. The number of hydrogen-bond donors (Lipinski definition) is 3. The quantitative estimate of drug-likeness (QED) is 0.0908. The number of aliphatic hydroxyl groups is 3. The highest BCUT2D eigenvalue weighted by Gasteiger charge is 2.74. The Bertz CT molecular complexity index is 2370. The molecule has 10 rings (SSSR count). The van der Waals surface area contributed by atoms with Crippen LogP contribution in [0.2, 0.25) is 5.02 Å². The molecule has 2 spiro atoms. The van der Waals surface area contributed by atoms with Gasteiger partial charge in [0.05, 0.1) is 41.6 Å². The van der Waals surface area contributed by atoms with E-state index < -0.39 is 45.8 Å². The number of ketones is 1. The molecule has 11 heteroatoms. The van der Waals surface area contributed by atoms with E-state index in [2.05, 4.69) is 37.0 Å². The van der Waals surface area contributed by atoms with Gasteiger partial charge in [-0.2, -0.15) is 13.2 Å². The predicted molar refractivity (Wildman–Crippen MR) is 231 cm³/mol. The van der Waals surface area contributed by atoms with E-state index in [1.165, 1.54) is 18.2 Å². The molecule has 0 amide bonds. The van der Waals surface area contributed by atoms with Crippen molar-refractivity contribution < 1.29 is 42.4 Å². The van der Waals surface area contributed by atoms with Gasteiger partial charge in [-0.25, -0.2) is 0 Å². The van der Waals surface area contributed by atoms with Crippen molar-refractivity contribution in [3.8, 4) is 11.3 Å². The minimum atomic E-state index is -4.60. The molecule has 1 unspecified atom stereocenters. The third-order valence-corrected chi connectivity index (χ3v) is 16.3. The second kappa shape index (κ2) is 15.9. The maximum absolute atomic E-state index is 15.2. The number of rotatable bonds is 13. The molecular formula is C51H55ClF3NO6. The number of nitrogens with zero attached hydrogens (tertiary/aromatic N) is 1. The summed E-state index contributed by atoms with van der Waals surface area (Å²) in [5.74, 6) is -0.424. The van der Waals surface area contributed by atoms with E-state index in [9.17, 15) is 28.5 Å². The van der Waals surface area contributed by atoms with Crippen LogP contribution in [0.3, 0.4) is 0 Å². The second-order valence-electron chi connectivity index (χ2n) is 19.3.